The van der Waals surface area contributed by atoms with Crippen LogP contribution in [0.1, 0.15) is 37.6 Å². The van der Waals surface area contributed by atoms with Crippen LogP contribution in [-0.2, 0) is 12.8 Å². The summed E-state index contributed by atoms with van der Waals surface area (Å²) in [5.41, 5.74) is 1.77. The summed E-state index contributed by atoms with van der Waals surface area (Å²) >= 11 is 7.87. The zero-order valence-corrected chi connectivity index (χ0v) is 16.1. The first-order chi connectivity index (χ1) is 11.8. The molecule has 1 atom stereocenters. The summed E-state index contributed by atoms with van der Waals surface area (Å²) in [6.07, 6.45) is 3.05. The lowest BCUT2D eigenvalue weighted by Gasteiger charge is -2.33. The van der Waals surface area contributed by atoms with Crippen molar-refractivity contribution in [1.82, 2.24) is 4.98 Å². The molecule has 2 aromatic heterocycles. The van der Waals surface area contributed by atoms with Crippen molar-refractivity contribution in [1.29, 1.82) is 0 Å². The van der Waals surface area contributed by atoms with E-state index in [1.807, 2.05) is 18.2 Å². The molecule has 25 heavy (non-hydrogen) atoms. The van der Waals surface area contributed by atoms with Gasteiger partial charge in [0.1, 0.15) is 10.2 Å². The van der Waals surface area contributed by atoms with Crippen LogP contribution in [0.25, 0.3) is 21.7 Å². The largest absolute Gasteiger partial charge is 0.403 e. The Labute approximate surface area is 155 Å². The molecule has 1 unspecified atom stereocenters. The third-order valence-corrected chi connectivity index (χ3v) is 6.65. The van der Waals surface area contributed by atoms with E-state index < -0.39 is 0 Å². The number of fused-ring (bicyclic) bond motifs is 3. The van der Waals surface area contributed by atoms with E-state index in [0.717, 1.165) is 29.7 Å². The molecule has 0 aliphatic heterocycles. The highest BCUT2D eigenvalue weighted by molar-refractivity contribution is 7.18. The summed E-state index contributed by atoms with van der Waals surface area (Å²) in [5.74, 6) is 0.928. The average molecular weight is 374 g/mol. The van der Waals surface area contributed by atoms with Gasteiger partial charge in [-0.25, -0.2) is 9.78 Å². The molecule has 1 aliphatic carbocycles. The second-order valence-corrected chi connectivity index (χ2v) is 9.27. The summed E-state index contributed by atoms with van der Waals surface area (Å²) in [4.78, 5) is 19.3. The number of thiophene rings is 1. The van der Waals surface area contributed by atoms with Gasteiger partial charge in [-0.05, 0) is 48.3 Å². The van der Waals surface area contributed by atoms with Gasteiger partial charge in [0, 0.05) is 4.88 Å². The molecule has 1 aromatic carbocycles. The molecule has 3 aromatic rings. The highest BCUT2D eigenvalue weighted by atomic mass is 35.5. The van der Waals surface area contributed by atoms with Gasteiger partial charge in [-0.2, -0.15) is 0 Å². The molecule has 0 spiro atoms. The van der Waals surface area contributed by atoms with E-state index in [4.69, 9.17) is 16.0 Å². The van der Waals surface area contributed by atoms with Crippen molar-refractivity contribution in [3.8, 4) is 11.5 Å². The second-order valence-electron chi connectivity index (χ2n) is 7.78. The highest BCUT2D eigenvalue weighted by Crippen LogP contribution is 2.42. The number of aromatic nitrogens is 1. The van der Waals surface area contributed by atoms with E-state index in [1.54, 1.807) is 17.4 Å². The van der Waals surface area contributed by atoms with Crippen LogP contribution in [0.15, 0.2) is 33.5 Å². The number of hydrogen-bond donors (Lipinski definition) is 0. The molecular formula is C20H20ClNO2S. The fraction of sp³-hybridized carbons (Fsp3) is 0.400. The van der Waals surface area contributed by atoms with Crippen LogP contribution < -0.4 is 5.63 Å². The number of rotatable bonds is 1. The van der Waals surface area contributed by atoms with Gasteiger partial charge in [-0.3, -0.25) is 0 Å². The van der Waals surface area contributed by atoms with Crippen LogP contribution in [0, 0.1) is 11.3 Å². The third kappa shape index (κ3) is 2.91. The first-order valence-electron chi connectivity index (χ1n) is 8.55. The molecular weight excluding hydrogens is 354 g/mol. The van der Waals surface area contributed by atoms with Crippen molar-refractivity contribution in [2.24, 2.45) is 11.3 Å². The summed E-state index contributed by atoms with van der Waals surface area (Å²) in [6.45, 7) is 6.87. The molecule has 5 heteroatoms. The van der Waals surface area contributed by atoms with E-state index in [2.05, 4.69) is 25.8 Å². The van der Waals surface area contributed by atoms with E-state index in [9.17, 15) is 4.79 Å². The molecule has 130 valence electrons. The van der Waals surface area contributed by atoms with E-state index in [-0.39, 0.29) is 11.0 Å². The molecule has 0 bridgehead atoms. The fourth-order valence-corrected chi connectivity index (χ4v) is 5.10. The molecule has 1 aliphatic rings. The van der Waals surface area contributed by atoms with Gasteiger partial charge < -0.3 is 4.42 Å². The molecule has 2 heterocycles. The number of aryl methyl sites for hydroxylation is 1. The van der Waals surface area contributed by atoms with Gasteiger partial charge in [0.2, 0.25) is 5.89 Å². The van der Waals surface area contributed by atoms with Crippen LogP contribution in [0.2, 0.25) is 5.02 Å². The van der Waals surface area contributed by atoms with Gasteiger partial charge in [0.25, 0.3) is 0 Å². The number of benzene rings is 1. The predicted octanol–water partition coefficient (Wildman–Crippen LogP) is 5.72. The Morgan fingerprint density at radius 2 is 2.04 bits per heavy atom. The van der Waals surface area contributed by atoms with Crippen molar-refractivity contribution < 1.29 is 4.42 Å². The SMILES string of the molecule is CC(C)(C)C1CCc2c(sc3nc(-c4ccccc4Cl)oc(=O)c23)C1. The Bertz CT molecular complexity index is 1010. The maximum atomic E-state index is 12.7. The maximum Gasteiger partial charge on any atom is 0.348 e. The molecule has 0 radical (unpaired) electrons. The number of halogens is 1. The normalized spacial score (nSPS) is 17.7. The smallest absolute Gasteiger partial charge is 0.348 e. The van der Waals surface area contributed by atoms with E-state index >= 15 is 0 Å². The molecule has 0 amide bonds. The van der Waals surface area contributed by atoms with Gasteiger partial charge in [0.15, 0.2) is 0 Å². The minimum absolute atomic E-state index is 0.273. The van der Waals surface area contributed by atoms with Crippen LogP contribution >= 0.6 is 22.9 Å². The summed E-state index contributed by atoms with van der Waals surface area (Å²) in [7, 11) is 0. The van der Waals surface area contributed by atoms with E-state index in [0.29, 0.717) is 27.8 Å². The Morgan fingerprint density at radius 3 is 2.76 bits per heavy atom. The molecule has 0 fully saturated rings. The standard InChI is InChI=1S/C20H20ClNO2S/c1-20(2,3)11-8-9-13-15(10-11)25-18-16(13)19(23)24-17(22-18)12-6-4-5-7-14(12)21/h4-7,11H,8-10H2,1-3H3. The van der Waals surface area contributed by atoms with Crippen molar-refractivity contribution in [3.63, 3.8) is 0 Å². The molecule has 0 saturated carbocycles. The zero-order chi connectivity index (χ0) is 17.8. The van der Waals surface area contributed by atoms with Gasteiger partial charge >= 0.3 is 5.63 Å². The lowest BCUT2D eigenvalue weighted by Crippen LogP contribution is -2.26. The third-order valence-electron chi connectivity index (χ3n) is 5.17. The minimum atomic E-state index is -0.299. The minimum Gasteiger partial charge on any atom is -0.403 e. The summed E-state index contributed by atoms with van der Waals surface area (Å²) in [5, 5.41) is 1.20. The van der Waals surface area contributed by atoms with Crippen molar-refractivity contribution in [3.05, 3.63) is 50.1 Å². The quantitative estimate of drug-likeness (QED) is 0.547. The van der Waals surface area contributed by atoms with Crippen molar-refractivity contribution in [2.75, 3.05) is 0 Å². The Kier molecular flexibility index (Phi) is 4.00. The van der Waals surface area contributed by atoms with Crippen LogP contribution in [-0.4, -0.2) is 4.98 Å². The van der Waals surface area contributed by atoms with Gasteiger partial charge in [-0.15, -0.1) is 11.3 Å². The molecule has 3 nitrogen and oxygen atoms in total. The first-order valence-corrected chi connectivity index (χ1v) is 9.74. The lowest BCUT2D eigenvalue weighted by atomic mass is 9.72. The average Bonchev–Trinajstić information content (AvgIpc) is 2.92. The van der Waals surface area contributed by atoms with E-state index in [1.165, 1.54) is 4.88 Å². The van der Waals surface area contributed by atoms with Crippen molar-refractivity contribution >= 4 is 33.2 Å². The fourth-order valence-electron chi connectivity index (χ4n) is 3.60. The van der Waals surface area contributed by atoms with Crippen LogP contribution in [0.5, 0.6) is 0 Å². The molecule has 0 N–H and O–H groups in total. The second kappa shape index (κ2) is 5.96. The molecule has 4 rings (SSSR count). The predicted molar refractivity (Wildman–Crippen MR) is 104 cm³/mol. The number of hydrogen-bond acceptors (Lipinski definition) is 4. The zero-order valence-electron chi connectivity index (χ0n) is 14.6. The maximum absolute atomic E-state index is 12.7. The topological polar surface area (TPSA) is 43.1 Å². The Balaban J connectivity index is 1.85. The highest BCUT2D eigenvalue weighted by Gasteiger charge is 2.32. The first kappa shape index (κ1) is 16.8. The number of nitrogens with zero attached hydrogens (tertiary/aromatic N) is 1. The van der Waals surface area contributed by atoms with Gasteiger partial charge in [-0.1, -0.05) is 44.5 Å². The van der Waals surface area contributed by atoms with Crippen LogP contribution in [0.3, 0.4) is 0 Å². The Hall–Kier alpha value is -1.65. The Morgan fingerprint density at radius 1 is 1.28 bits per heavy atom. The van der Waals surface area contributed by atoms with Crippen LogP contribution in [0.4, 0.5) is 0 Å². The van der Waals surface area contributed by atoms with Crippen molar-refractivity contribution in [2.45, 2.75) is 40.0 Å². The monoisotopic (exact) mass is 373 g/mol. The molecule has 0 saturated heterocycles. The van der Waals surface area contributed by atoms with Gasteiger partial charge in [0.05, 0.1) is 10.6 Å². The summed E-state index contributed by atoms with van der Waals surface area (Å²) < 4.78 is 5.53. The lowest BCUT2D eigenvalue weighted by molar-refractivity contribution is 0.218. The summed E-state index contributed by atoms with van der Waals surface area (Å²) in [6, 6.07) is 7.30.